The number of carboxylic acids is 1. The molecule has 2 aromatic rings. The molecule has 0 aliphatic heterocycles. The van der Waals surface area contributed by atoms with Gasteiger partial charge in [-0.05, 0) is 30.5 Å². The number of aryl methyl sites for hydroxylation is 1. The van der Waals surface area contributed by atoms with Crippen molar-refractivity contribution < 1.29 is 9.90 Å². The molecular weight excluding hydrogens is 296 g/mol. The van der Waals surface area contributed by atoms with Gasteiger partial charge >= 0.3 is 5.97 Å². The number of rotatable bonds is 4. The minimum absolute atomic E-state index is 0.0757. The zero-order chi connectivity index (χ0) is 13.3. The Labute approximate surface area is 114 Å². The molecular formula is C13H15BrN2O2. The summed E-state index contributed by atoms with van der Waals surface area (Å²) in [4.78, 5) is 18.4. The highest BCUT2D eigenvalue weighted by Gasteiger charge is 2.12. The van der Waals surface area contributed by atoms with Crippen molar-refractivity contribution in [2.45, 2.75) is 26.7 Å². The Balaban J connectivity index is 2.25. The fourth-order valence-corrected chi connectivity index (χ4v) is 2.67. The Morgan fingerprint density at radius 3 is 2.94 bits per heavy atom. The lowest BCUT2D eigenvalue weighted by Gasteiger charge is -2.04. The first-order chi connectivity index (χ1) is 8.45. The second-order valence-electron chi connectivity index (χ2n) is 4.71. The van der Waals surface area contributed by atoms with Crippen LogP contribution in [0, 0.1) is 12.8 Å². The zero-order valence-corrected chi connectivity index (χ0v) is 11.9. The SMILES string of the molecule is Cc1cc(Br)cc2[nH]c(CC(C)CC(=O)O)nc12. The largest absolute Gasteiger partial charge is 0.481 e. The Bertz CT molecular complexity index is 592. The number of H-pyrrole nitrogens is 1. The van der Waals surface area contributed by atoms with Gasteiger partial charge in [0.25, 0.3) is 0 Å². The number of imidazole rings is 1. The van der Waals surface area contributed by atoms with Gasteiger partial charge in [0.2, 0.25) is 0 Å². The average molecular weight is 311 g/mol. The van der Waals surface area contributed by atoms with E-state index in [1.165, 1.54) is 0 Å². The number of carbonyl (C=O) groups is 1. The van der Waals surface area contributed by atoms with Crippen LogP contribution in [-0.4, -0.2) is 21.0 Å². The van der Waals surface area contributed by atoms with E-state index in [1.54, 1.807) is 0 Å². The van der Waals surface area contributed by atoms with E-state index < -0.39 is 5.97 Å². The average Bonchev–Trinajstić information content (AvgIpc) is 2.58. The van der Waals surface area contributed by atoms with Crippen LogP contribution >= 0.6 is 15.9 Å². The fraction of sp³-hybridized carbons (Fsp3) is 0.385. The van der Waals surface area contributed by atoms with E-state index in [1.807, 2.05) is 26.0 Å². The lowest BCUT2D eigenvalue weighted by atomic mass is 10.0. The minimum Gasteiger partial charge on any atom is -0.481 e. The lowest BCUT2D eigenvalue weighted by molar-refractivity contribution is -0.137. The molecule has 1 heterocycles. The van der Waals surface area contributed by atoms with Crippen LogP contribution in [0.1, 0.15) is 24.7 Å². The van der Waals surface area contributed by atoms with E-state index in [9.17, 15) is 4.79 Å². The van der Waals surface area contributed by atoms with E-state index in [-0.39, 0.29) is 12.3 Å². The number of fused-ring (bicyclic) bond motifs is 1. The molecule has 1 atom stereocenters. The number of hydrogen-bond acceptors (Lipinski definition) is 2. The van der Waals surface area contributed by atoms with Crippen molar-refractivity contribution in [2.75, 3.05) is 0 Å². The van der Waals surface area contributed by atoms with Gasteiger partial charge < -0.3 is 10.1 Å². The third kappa shape index (κ3) is 2.90. The van der Waals surface area contributed by atoms with Crippen molar-refractivity contribution >= 4 is 32.9 Å². The first-order valence-electron chi connectivity index (χ1n) is 5.82. The predicted octanol–water partition coefficient (Wildman–Crippen LogP) is 3.29. The quantitative estimate of drug-likeness (QED) is 0.910. The second kappa shape index (κ2) is 5.10. The van der Waals surface area contributed by atoms with Gasteiger partial charge in [-0.3, -0.25) is 4.79 Å². The molecule has 0 amide bonds. The third-order valence-electron chi connectivity index (χ3n) is 2.86. The molecule has 1 aromatic carbocycles. The maximum absolute atomic E-state index is 10.6. The topological polar surface area (TPSA) is 66.0 Å². The Morgan fingerprint density at radius 1 is 1.56 bits per heavy atom. The van der Waals surface area contributed by atoms with Crippen LogP contribution in [0.3, 0.4) is 0 Å². The highest BCUT2D eigenvalue weighted by molar-refractivity contribution is 9.10. The summed E-state index contributed by atoms with van der Waals surface area (Å²) < 4.78 is 1.02. The number of aromatic nitrogens is 2. The van der Waals surface area contributed by atoms with Crippen LogP contribution < -0.4 is 0 Å². The highest BCUT2D eigenvalue weighted by Crippen LogP contribution is 2.23. The third-order valence-corrected chi connectivity index (χ3v) is 3.31. The monoisotopic (exact) mass is 310 g/mol. The van der Waals surface area contributed by atoms with Crippen LogP contribution in [0.2, 0.25) is 0 Å². The minimum atomic E-state index is -0.766. The summed E-state index contributed by atoms with van der Waals surface area (Å²) in [5, 5.41) is 8.75. The summed E-state index contributed by atoms with van der Waals surface area (Å²) in [6.45, 7) is 3.93. The number of benzene rings is 1. The molecule has 0 bridgehead atoms. The first kappa shape index (κ1) is 13.1. The standard InChI is InChI=1S/C13H15BrN2O2/c1-7(4-12(17)18)3-11-15-10-6-9(14)5-8(2)13(10)16-11/h5-7H,3-4H2,1-2H3,(H,15,16)(H,17,18). The molecule has 0 spiro atoms. The Hall–Kier alpha value is -1.36. The van der Waals surface area contributed by atoms with E-state index >= 15 is 0 Å². The van der Waals surface area contributed by atoms with Crippen LogP contribution in [0.25, 0.3) is 11.0 Å². The molecule has 0 radical (unpaired) electrons. The molecule has 2 rings (SSSR count). The van der Waals surface area contributed by atoms with Gasteiger partial charge in [0.05, 0.1) is 11.0 Å². The van der Waals surface area contributed by atoms with Crippen molar-refractivity contribution in [3.05, 3.63) is 28.0 Å². The summed E-state index contributed by atoms with van der Waals surface area (Å²) in [6.07, 6.45) is 0.817. The lowest BCUT2D eigenvalue weighted by Crippen LogP contribution is -2.07. The number of aromatic amines is 1. The molecule has 0 aliphatic rings. The summed E-state index contributed by atoms with van der Waals surface area (Å²) >= 11 is 3.45. The number of halogens is 1. The maximum atomic E-state index is 10.6. The van der Waals surface area contributed by atoms with E-state index in [0.29, 0.717) is 6.42 Å². The molecule has 0 saturated carbocycles. The first-order valence-corrected chi connectivity index (χ1v) is 6.61. The molecule has 0 fully saturated rings. The fourth-order valence-electron chi connectivity index (χ4n) is 2.09. The van der Waals surface area contributed by atoms with Crippen molar-refractivity contribution in [3.63, 3.8) is 0 Å². The smallest absolute Gasteiger partial charge is 0.303 e. The second-order valence-corrected chi connectivity index (χ2v) is 5.63. The maximum Gasteiger partial charge on any atom is 0.303 e. The van der Waals surface area contributed by atoms with E-state index in [2.05, 4.69) is 25.9 Å². The van der Waals surface area contributed by atoms with Gasteiger partial charge in [-0.25, -0.2) is 4.98 Å². The molecule has 4 nitrogen and oxygen atoms in total. The summed E-state index contributed by atoms with van der Waals surface area (Å²) in [7, 11) is 0. The van der Waals surface area contributed by atoms with Gasteiger partial charge in [0, 0.05) is 17.3 Å². The number of aliphatic carboxylic acids is 1. The molecule has 96 valence electrons. The molecule has 0 saturated heterocycles. The number of carboxylic acid groups (broad SMARTS) is 1. The van der Waals surface area contributed by atoms with Gasteiger partial charge in [-0.2, -0.15) is 0 Å². The normalized spacial score (nSPS) is 12.8. The Morgan fingerprint density at radius 2 is 2.28 bits per heavy atom. The van der Waals surface area contributed by atoms with Gasteiger partial charge in [0.15, 0.2) is 0 Å². The molecule has 1 aromatic heterocycles. The van der Waals surface area contributed by atoms with Crippen molar-refractivity contribution in [1.82, 2.24) is 9.97 Å². The zero-order valence-electron chi connectivity index (χ0n) is 10.3. The van der Waals surface area contributed by atoms with Crippen molar-refractivity contribution in [1.29, 1.82) is 0 Å². The highest BCUT2D eigenvalue weighted by atomic mass is 79.9. The summed E-state index contributed by atoms with van der Waals surface area (Å²) in [6, 6.07) is 4.01. The van der Waals surface area contributed by atoms with Gasteiger partial charge in [0.1, 0.15) is 5.82 Å². The predicted molar refractivity (Wildman–Crippen MR) is 73.7 cm³/mol. The number of hydrogen-bond donors (Lipinski definition) is 2. The van der Waals surface area contributed by atoms with Crippen LogP contribution in [-0.2, 0) is 11.2 Å². The van der Waals surface area contributed by atoms with Crippen molar-refractivity contribution in [2.24, 2.45) is 5.92 Å². The van der Waals surface area contributed by atoms with Crippen LogP contribution in [0.5, 0.6) is 0 Å². The summed E-state index contributed by atoms with van der Waals surface area (Å²) in [5.74, 6) is 0.157. The van der Waals surface area contributed by atoms with Gasteiger partial charge in [-0.15, -0.1) is 0 Å². The molecule has 0 aliphatic carbocycles. The molecule has 5 heteroatoms. The number of nitrogens with one attached hydrogen (secondary N) is 1. The van der Waals surface area contributed by atoms with Crippen LogP contribution in [0.4, 0.5) is 0 Å². The number of nitrogens with zero attached hydrogens (tertiary/aromatic N) is 1. The molecule has 2 N–H and O–H groups in total. The Kier molecular flexibility index (Phi) is 3.71. The van der Waals surface area contributed by atoms with E-state index in [0.717, 1.165) is 26.9 Å². The van der Waals surface area contributed by atoms with E-state index in [4.69, 9.17) is 5.11 Å². The molecule has 1 unspecified atom stereocenters. The van der Waals surface area contributed by atoms with Crippen molar-refractivity contribution in [3.8, 4) is 0 Å². The van der Waals surface area contributed by atoms with Gasteiger partial charge in [-0.1, -0.05) is 22.9 Å². The molecule has 18 heavy (non-hydrogen) atoms. The summed E-state index contributed by atoms with van der Waals surface area (Å²) in [5.41, 5.74) is 3.04. The van der Waals surface area contributed by atoms with Crippen LogP contribution in [0.15, 0.2) is 16.6 Å².